The van der Waals surface area contributed by atoms with Gasteiger partial charge < -0.3 is 14.8 Å². The van der Waals surface area contributed by atoms with Gasteiger partial charge in [0.15, 0.2) is 6.61 Å². The molecule has 0 atom stereocenters. The summed E-state index contributed by atoms with van der Waals surface area (Å²) < 4.78 is 10.6. The summed E-state index contributed by atoms with van der Waals surface area (Å²) in [7, 11) is 0. The summed E-state index contributed by atoms with van der Waals surface area (Å²) in [4.78, 5) is 39.5. The predicted octanol–water partition coefficient (Wildman–Crippen LogP) is 5.62. The monoisotopic (exact) mass is 497 g/mol. The molecule has 0 fully saturated rings. The lowest BCUT2D eigenvalue weighted by Crippen LogP contribution is -2.23. The quantitative estimate of drug-likeness (QED) is 0.321. The second-order valence-electron chi connectivity index (χ2n) is 8.38. The van der Waals surface area contributed by atoms with Crippen molar-refractivity contribution in [2.75, 3.05) is 17.7 Å². The summed E-state index contributed by atoms with van der Waals surface area (Å²) in [5.41, 5.74) is 1.42. The number of amides is 1. The molecule has 178 valence electrons. The minimum absolute atomic E-state index is 0.102. The number of thioether (sulfide) groups is 1. The first-order valence-electron chi connectivity index (χ1n) is 11.3. The van der Waals surface area contributed by atoms with Gasteiger partial charge >= 0.3 is 11.9 Å². The van der Waals surface area contributed by atoms with E-state index in [4.69, 9.17) is 9.47 Å². The number of fused-ring (bicyclic) bond motifs is 2. The summed E-state index contributed by atoms with van der Waals surface area (Å²) in [6.07, 6.45) is 3.50. The zero-order chi connectivity index (χ0) is 24.1. The number of carbonyl (C=O) groups is 3. The highest BCUT2D eigenvalue weighted by atomic mass is 32.2. The van der Waals surface area contributed by atoms with Crippen molar-refractivity contribution in [3.05, 3.63) is 58.5 Å². The van der Waals surface area contributed by atoms with E-state index in [1.165, 1.54) is 23.1 Å². The van der Waals surface area contributed by atoms with Crippen molar-refractivity contribution < 1.29 is 23.9 Å². The van der Waals surface area contributed by atoms with Gasteiger partial charge in [-0.25, -0.2) is 4.79 Å². The fourth-order valence-electron chi connectivity index (χ4n) is 3.89. The second kappa shape index (κ2) is 11.1. The third-order valence-electron chi connectivity index (χ3n) is 5.41. The van der Waals surface area contributed by atoms with Gasteiger partial charge in [0.25, 0.3) is 5.91 Å². The molecule has 1 N–H and O–H groups in total. The number of thiophene rings is 1. The maximum absolute atomic E-state index is 12.7. The molecule has 1 heterocycles. The Morgan fingerprint density at radius 3 is 2.62 bits per heavy atom. The number of ether oxygens (including phenoxy) is 2. The summed E-state index contributed by atoms with van der Waals surface area (Å²) in [6.45, 7) is 3.19. The topological polar surface area (TPSA) is 81.7 Å². The zero-order valence-electron chi connectivity index (χ0n) is 19.2. The molecule has 0 bridgehead atoms. The molecule has 6 nitrogen and oxygen atoms in total. The molecule has 1 aromatic heterocycles. The number of rotatable bonds is 8. The molecule has 0 spiro atoms. The van der Waals surface area contributed by atoms with Crippen LogP contribution in [0.5, 0.6) is 0 Å². The van der Waals surface area contributed by atoms with Gasteiger partial charge in [-0.1, -0.05) is 30.3 Å². The maximum atomic E-state index is 12.7. The summed E-state index contributed by atoms with van der Waals surface area (Å²) in [5, 5.41) is 5.48. The molecule has 0 aliphatic heterocycles. The van der Waals surface area contributed by atoms with Gasteiger partial charge in [0, 0.05) is 9.77 Å². The number of benzene rings is 2. The lowest BCUT2D eigenvalue weighted by atomic mass is 9.95. The molecule has 4 rings (SSSR count). The van der Waals surface area contributed by atoms with Crippen LogP contribution in [0.3, 0.4) is 0 Å². The number of anilines is 1. The summed E-state index contributed by atoms with van der Waals surface area (Å²) >= 11 is 2.77. The van der Waals surface area contributed by atoms with Crippen LogP contribution in [0.15, 0.2) is 47.4 Å². The second-order valence-corrected chi connectivity index (χ2v) is 10.5. The van der Waals surface area contributed by atoms with Crippen LogP contribution in [0.25, 0.3) is 10.8 Å². The van der Waals surface area contributed by atoms with Crippen molar-refractivity contribution in [3.8, 4) is 0 Å². The molecule has 0 radical (unpaired) electrons. The molecular weight excluding hydrogens is 470 g/mol. The molecule has 1 amide bonds. The fraction of sp³-hybridized carbons (Fsp3) is 0.346. The van der Waals surface area contributed by atoms with Gasteiger partial charge in [-0.05, 0) is 68.0 Å². The van der Waals surface area contributed by atoms with Crippen molar-refractivity contribution >= 4 is 56.7 Å². The highest BCUT2D eigenvalue weighted by molar-refractivity contribution is 8.00. The summed E-state index contributed by atoms with van der Waals surface area (Å²) in [5.74, 6) is -1.27. The molecule has 0 saturated heterocycles. The highest BCUT2D eigenvalue weighted by Crippen LogP contribution is 2.38. The molecular formula is C26H27NO5S2. The fourth-order valence-corrected chi connectivity index (χ4v) is 5.93. The number of hydrogen-bond donors (Lipinski definition) is 1. The first kappa shape index (κ1) is 24.3. The molecule has 0 saturated carbocycles. The number of nitrogens with one attached hydrogen (secondary N) is 1. The molecule has 3 aromatic rings. The standard InChI is InChI=1S/C26H27NO5S2/c1-16(2)32-26(30)24-20-9-5-6-10-21(20)34-25(24)27-22(28)14-31-23(29)15-33-19-12-11-17-7-3-4-8-18(17)13-19/h3-4,7-8,11-13,16H,5-6,9-10,14-15H2,1-2H3,(H,27,28). The van der Waals surface area contributed by atoms with Crippen molar-refractivity contribution in [1.82, 2.24) is 0 Å². The van der Waals surface area contributed by atoms with Crippen LogP contribution in [-0.4, -0.2) is 36.3 Å². The van der Waals surface area contributed by atoms with Gasteiger partial charge in [-0.3, -0.25) is 9.59 Å². The lowest BCUT2D eigenvalue weighted by Gasteiger charge is -2.14. The molecule has 1 aliphatic rings. The first-order valence-corrected chi connectivity index (χ1v) is 13.1. The van der Waals surface area contributed by atoms with Crippen molar-refractivity contribution in [2.24, 2.45) is 0 Å². The Morgan fingerprint density at radius 2 is 1.82 bits per heavy atom. The molecule has 34 heavy (non-hydrogen) atoms. The van der Waals surface area contributed by atoms with E-state index in [-0.39, 0.29) is 11.9 Å². The van der Waals surface area contributed by atoms with E-state index in [0.717, 1.165) is 51.8 Å². The smallest absolute Gasteiger partial charge is 0.341 e. The van der Waals surface area contributed by atoms with Crippen LogP contribution in [0.2, 0.25) is 0 Å². The Hall–Kier alpha value is -2.84. The minimum atomic E-state index is -0.474. The van der Waals surface area contributed by atoms with Crippen LogP contribution in [0.4, 0.5) is 5.00 Å². The number of carbonyl (C=O) groups excluding carboxylic acids is 3. The SMILES string of the molecule is CC(C)OC(=O)c1c(NC(=O)COC(=O)CSc2ccc3ccccc3c2)sc2c1CCCC2. The van der Waals surface area contributed by atoms with Crippen LogP contribution in [-0.2, 0) is 31.9 Å². The Morgan fingerprint density at radius 1 is 1.06 bits per heavy atom. The Balaban J connectivity index is 1.33. The Labute approximate surface area is 207 Å². The van der Waals surface area contributed by atoms with Gasteiger partial charge in [-0.2, -0.15) is 0 Å². The highest BCUT2D eigenvalue weighted by Gasteiger charge is 2.28. The average Bonchev–Trinajstić information content (AvgIpc) is 3.18. The minimum Gasteiger partial charge on any atom is -0.459 e. The van der Waals surface area contributed by atoms with E-state index >= 15 is 0 Å². The average molecular weight is 498 g/mol. The van der Waals surface area contributed by atoms with Gasteiger partial charge in [0.05, 0.1) is 17.4 Å². The van der Waals surface area contributed by atoms with Crippen LogP contribution in [0, 0.1) is 0 Å². The molecule has 0 unspecified atom stereocenters. The zero-order valence-corrected chi connectivity index (χ0v) is 20.9. The van der Waals surface area contributed by atoms with Crippen LogP contribution in [0.1, 0.15) is 47.5 Å². The predicted molar refractivity (Wildman–Crippen MR) is 136 cm³/mol. The maximum Gasteiger partial charge on any atom is 0.341 e. The first-order chi connectivity index (χ1) is 16.4. The number of esters is 2. The van der Waals surface area contributed by atoms with Crippen LogP contribution >= 0.6 is 23.1 Å². The Kier molecular flexibility index (Phi) is 7.90. The normalized spacial score (nSPS) is 12.9. The third-order valence-corrected chi connectivity index (χ3v) is 7.59. The molecule has 1 aliphatic carbocycles. The Bertz CT molecular complexity index is 1220. The van der Waals surface area contributed by atoms with Gasteiger partial charge in [0.1, 0.15) is 5.00 Å². The molecule has 2 aromatic carbocycles. The van der Waals surface area contributed by atoms with E-state index in [0.29, 0.717) is 10.6 Å². The number of aryl methyl sites for hydroxylation is 1. The lowest BCUT2D eigenvalue weighted by molar-refractivity contribution is -0.144. The van der Waals surface area contributed by atoms with Gasteiger partial charge in [0.2, 0.25) is 0 Å². The van der Waals surface area contributed by atoms with E-state index in [1.54, 1.807) is 13.8 Å². The summed E-state index contributed by atoms with van der Waals surface area (Å²) in [6, 6.07) is 14.0. The van der Waals surface area contributed by atoms with E-state index in [1.807, 2.05) is 42.5 Å². The van der Waals surface area contributed by atoms with Gasteiger partial charge in [-0.15, -0.1) is 23.1 Å². The van der Waals surface area contributed by atoms with Crippen molar-refractivity contribution in [3.63, 3.8) is 0 Å². The van der Waals surface area contributed by atoms with E-state index in [9.17, 15) is 14.4 Å². The number of hydrogen-bond acceptors (Lipinski definition) is 7. The molecule has 8 heteroatoms. The third kappa shape index (κ3) is 5.98. The van der Waals surface area contributed by atoms with Crippen LogP contribution < -0.4 is 5.32 Å². The van der Waals surface area contributed by atoms with E-state index < -0.39 is 24.5 Å². The van der Waals surface area contributed by atoms with Crippen molar-refractivity contribution in [2.45, 2.75) is 50.5 Å². The largest absolute Gasteiger partial charge is 0.459 e. The van der Waals surface area contributed by atoms with E-state index in [2.05, 4.69) is 5.32 Å². The van der Waals surface area contributed by atoms with Crippen molar-refractivity contribution in [1.29, 1.82) is 0 Å².